The maximum absolute atomic E-state index is 6.07. The smallest absolute Gasteiger partial charge is 0.123 e. The molecule has 2 nitrogen and oxygen atoms in total. The quantitative estimate of drug-likeness (QED) is 0.867. The first-order valence-corrected chi connectivity index (χ1v) is 6.58. The predicted octanol–water partition coefficient (Wildman–Crippen LogP) is 3.00. The summed E-state index contributed by atoms with van der Waals surface area (Å²) in [6.07, 6.45) is 2.40. The van der Waals surface area contributed by atoms with Crippen LogP contribution in [0.25, 0.3) is 0 Å². The highest BCUT2D eigenvalue weighted by Crippen LogP contribution is 2.32. The van der Waals surface area contributed by atoms with Gasteiger partial charge in [0.25, 0.3) is 0 Å². The van der Waals surface area contributed by atoms with Gasteiger partial charge < -0.3 is 10.5 Å². The number of hydrogen-bond acceptors (Lipinski definition) is 2. The Balaban J connectivity index is 1.99. The van der Waals surface area contributed by atoms with Crippen molar-refractivity contribution < 1.29 is 4.74 Å². The second-order valence-electron chi connectivity index (χ2n) is 5.55. The largest absolute Gasteiger partial charge is 0.490 e. The average Bonchev–Trinajstić information content (AvgIpc) is 2.67. The van der Waals surface area contributed by atoms with Crippen molar-refractivity contribution in [1.82, 2.24) is 0 Å². The fourth-order valence-corrected chi connectivity index (χ4v) is 2.78. The van der Waals surface area contributed by atoms with E-state index in [9.17, 15) is 0 Å². The van der Waals surface area contributed by atoms with Crippen molar-refractivity contribution in [3.05, 3.63) is 29.8 Å². The van der Waals surface area contributed by atoms with E-state index in [0.29, 0.717) is 17.9 Å². The van der Waals surface area contributed by atoms with Crippen LogP contribution in [0.2, 0.25) is 0 Å². The number of ether oxygens (including phenoxy) is 1. The number of nitrogens with two attached hydrogens (primary N) is 1. The van der Waals surface area contributed by atoms with Crippen LogP contribution in [-0.2, 0) is 6.42 Å². The zero-order valence-corrected chi connectivity index (χ0v) is 11.0. The summed E-state index contributed by atoms with van der Waals surface area (Å²) in [5.74, 6) is 2.21. The van der Waals surface area contributed by atoms with Gasteiger partial charge in [-0.2, -0.15) is 0 Å². The third kappa shape index (κ3) is 2.81. The Kier molecular flexibility index (Phi) is 3.72. The van der Waals surface area contributed by atoms with E-state index in [1.54, 1.807) is 0 Å². The molecule has 1 aliphatic rings. The van der Waals surface area contributed by atoms with Crippen LogP contribution in [0.5, 0.6) is 5.75 Å². The van der Waals surface area contributed by atoms with Crippen molar-refractivity contribution in [3.63, 3.8) is 0 Å². The van der Waals surface area contributed by atoms with Crippen LogP contribution in [0.1, 0.15) is 32.8 Å². The number of para-hydroxylation sites is 1. The molecule has 0 saturated carbocycles. The first-order chi connectivity index (χ1) is 8.08. The Hall–Kier alpha value is -1.02. The highest BCUT2D eigenvalue weighted by Gasteiger charge is 2.28. The van der Waals surface area contributed by atoms with Crippen LogP contribution in [0.4, 0.5) is 0 Å². The molecule has 1 heterocycles. The van der Waals surface area contributed by atoms with Crippen molar-refractivity contribution in [2.75, 3.05) is 0 Å². The summed E-state index contributed by atoms with van der Waals surface area (Å²) in [5, 5.41) is 0. The van der Waals surface area contributed by atoms with Crippen molar-refractivity contribution in [2.45, 2.75) is 45.8 Å². The predicted molar refractivity (Wildman–Crippen MR) is 71.2 cm³/mol. The molecule has 0 aliphatic carbocycles. The molecular formula is C15H23NO. The molecule has 0 bridgehead atoms. The minimum atomic E-state index is 0.238. The van der Waals surface area contributed by atoms with Crippen LogP contribution in [0.15, 0.2) is 24.3 Å². The van der Waals surface area contributed by atoms with Crippen molar-refractivity contribution in [3.8, 4) is 5.75 Å². The molecule has 0 radical (unpaired) electrons. The fourth-order valence-electron chi connectivity index (χ4n) is 2.78. The summed E-state index contributed by atoms with van der Waals surface area (Å²) in [6.45, 7) is 6.60. The summed E-state index contributed by atoms with van der Waals surface area (Å²) in [6, 6.07) is 8.57. The molecule has 1 aliphatic heterocycles. The van der Waals surface area contributed by atoms with E-state index in [-0.39, 0.29) is 6.04 Å². The van der Waals surface area contributed by atoms with E-state index in [1.165, 1.54) is 5.56 Å². The molecule has 0 spiro atoms. The second kappa shape index (κ2) is 5.09. The highest BCUT2D eigenvalue weighted by atomic mass is 16.5. The van der Waals surface area contributed by atoms with Crippen LogP contribution < -0.4 is 10.5 Å². The standard InChI is InChI=1S/C15H23NO/c1-10(2)14(11(3)16)9-13-8-12-6-4-5-7-15(12)17-13/h4-7,10-11,13-14H,8-9,16H2,1-3H3. The molecule has 2 rings (SSSR count). The van der Waals surface area contributed by atoms with Crippen molar-refractivity contribution in [2.24, 2.45) is 17.6 Å². The van der Waals surface area contributed by atoms with E-state index in [1.807, 2.05) is 6.07 Å². The molecule has 94 valence electrons. The molecule has 3 unspecified atom stereocenters. The Morgan fingerprint density at radius 3 is 2.59 bits per heavy atom. The summed E-state index contributed by atoms with van der Waals surface area (Å²) < 4.78 is 5.98. The lowest BCUT2D eigenvalue weighted by Crippen LogP contribution is -2.34. The van der Waals surface area contributed by atoms with Gasteiger partial charge in [-0.1, -0.05) is 32.0 Å². The second-order valence-corrected chi connectivity index (χ2v) is 5.55. The van der Waals surface area contributed by atoms with Gasteiger partial charge in [0.15, 0.2) is 0 Å². The SMILES string of the molecule is CC(C)C(CC1Cc2ccccc2O1)C(C)N. The first-order valence-electron chi connectivity index (χ1n) is 6.58. The Morgan fingerprint density at radius 1 is 1.29 bits per heavy atom. The lowest BCUT2D eigenvalue weighted by Gasteiger charge is -2.27. The lowest BCUT2D eigenvalue weighted by molar-refractivity contribution is 0.163. The molecular weight excluding hydrogens is 210 g/mol. The molecule has 0 aromatic heterocycles. The van der Waals surface area contributed by atoms with Crippen LogP contribution >= 0.6 is 0 Å². The minimum Gasteiger partial charge on any atom is -0.490 e. The molecule has 3 atom stereocenters. The van der Waals surface area contributed by atoms with E-state index < -0.39 is 0 Å². The maximum atomic E-state index is 6.07. The molecule has 0 fully saturated rings. The lowest BCUT2D eigenvalue weighted by atomic mass is 9.84. The molecule has 0 amide bonds. The Morgan fingerprint density at radius 2 is 2.00 bits per heavy atom. The van der Waals surface area contributed by atoms with Gasteiger partial charge in [-0.05, 0) is 36.8 Å². The van der Waals surface area contributed by atoms with Gasteiger partial charge in [0.05, 0.1) is 0 Å². The van der Waals surface area contributed by atoms with E-state index >= 15 is 0 Å². The average molecular weight is 233 g/mol. The van der Waals surface area contributed by atoms with Gasteiger partial charge in [-0.3, -0.25) is 0 Å². The molecule has 2 N–H and O–H groups in total. The van der Waals surface area contributed by atoms with Gasteiger partial charge in [0.2, 0.25) is 0 Å². The van der Waals surface area contributed by atoms with Crippen LogP contribution in [-0.4, -0.2) is 12.1 Å². The monoisotopic (exact) mass is 233 g/mol. The molecule has 0 saturated heterocycles. The van der Waals surface area contributed by atoms with Crippen LogP contribution in [0.3, 0.4) is 0 Å². The Bertz CT molecular complexity index is 340. The summed E-state index contributed by atoms with van der Waals surface area (Å²) in [5.41, 5.74) is 7.40. The Labute approximate surface area is 104 Å². The normalized spacial score (nSPS) is 22.1. The number of fused-ring (bicyclic) bond motifs is 1. The molecule has 1 aromatic rings. The molecule has 17 heavy (non-hydrogen) atoms. The minimum absolute atomic E-state index is 0.238. The van der Waals surface area contributed by atoms with E-state index in [0.717, 1.165) is 18.6 Å². The third-order valence-corrected chi connectivity index (χ3v) is 3.78. The third-order valence-electron chi connectivity index (χ3n) is 3.78. The number of rotatable bonds is 4. The van der Waals surface area contributed by atoms with Crippen LogP contribution in [0, 0.1) is 11.8 Å². The fraction of sp³-hybridized carbons (Fsp3) is 0.600. The summed E-state index contributed by atoms with van der Waals surface area (Å²) in [7, 11) is 0. The van der Waals surface area contributed by atoms with Gasteiger partial charge in [0.1, 0.15) is 11.9 Å². The molecule has 1 aromatic carbocycles. The van der Waals surface area contributed by atoms with E-state index in [2.05, 4.69) is 39.0 Å². The topological polar surface area (TPSA) is 35.2 Å². The van der Waals surface area contributed by atoms with E-state index in [4.69, 9.17) is 10.5 Å². The highest BCUT2D eigenvalue weighted by molar-refractivity contribution is 5.37. The first kappa shape index (κ1) is 12.4. The number of hydrogen-bond donors (Lipinski definition) is 1. The summed E-state index contributed by atoms with van der Waals surface area (Å²) >= 11 is 0. The van der Waals surface area contributed by atoms with Gasteiger partial charge in [-0.25, -0.2) is 0 Å². The van der Waals surface area contributed by atoms with Gasteiger partial charge in [-0.15, -0.1) is 0 Å². The summed E-state index contributed by atoms with van der Waals surface area (Å²) in [4.78, 5) is 0. The zero-order chi connectivity index (χ0) is 12.4. The zero-order valence-electron chi connectivity index (χ0n) is 11.0. The van der Waals surface area contributed by atoms with Crippen molar-refractivity contribution in [1.29, 1.82) is 0 Å². The maximum Gasteiger partial charge on any atom is 0.123 e. The van der Waals surface area contributed by atoms with Crippen molar-refractivity contribution >= 4 is 0 Å². The van der Waals surface area contributed by atoms with Gasteiger partial charge >= 0.3 is 0 Å². The molecule has 2 heteroatoms. The van der Waals surface area contributed by atoms with Gasteiger partial charge in [0, 0.05) is 12.5 Å². The number of benzene rings is 1.